The number of alkyl carbamates (subject to hydrolysis) is 1. The number of carbonyl (C=O) groups is 1. The van der Waals surface area contributed by atoms with Gasteiger partial charge in [-0.1, -0.05) is 31.2 Å². The molecule has 1 saturated carbocycles. The molecule has 1 N–H and O–H groups in total. The zero-order valence-corrected chi connectivity index (χ0v) is 26.6. The second kappa shape index (κ2) is 13.0. The fourth-order valence-electron chi connectivity index (χ4n) is 6.06. The first kappa shape index (κ1) is 31.0. The Balaban J connectivity index is 1.11. The molecule has 3 aromatic rings. The minimum absolute atomic E-state index is 0.0665. The predicted octanol–water partition coefficient (Wildman–Crippen LogP) is 6.31. The number of nitrogens with zero attached hydrogens (tertiary/aromatic N) is 6. The highest BCUT2D eigenvalue weighted by Gasteiger charge is 2.31. The van der Waals surface area contributed by atoms with Gasteiger partial charge in [0, 0.05) is 13.0 Å². The number of aromatic nitrogens is 6. The van der Waals surface area contributed by atoms with Crippen molar-refractivity contribution in [2.45, 2.75) is 122 Å². The van der Waals surface area contributed by atoms with E-state index >= 15 is 0 Å². The molecule has 0 radical (unpaired) electrons. The van der Waals surface area contributed by atoms with Crippen LogP contribution in [0.3, 0.4) is 0 Å². The van der Waals surface area contributed by atoms with E-state index in [1.165, 1.54) is 5.56 Å². The number of benzene rings is 1. The lowest BCUT2D eigenvalue weighted by atomic mass is 9.85. The van der Waals surface area contributed by atoms with Gasteiger partial charge in [-0.25, -0.2) is 9.48 Å². The van der Waals surface area contributed by atoms with E-state index in [0.29, 0.717) is 24.5 Å². The largest absolute Gasteiger partial charge is 0.483 e. The third-order valence-electron chi connectivity index (χ3n) is 8.43. The summed E-state index contributed by atoms with van der Waals surface area (Å²) in [7, 11) is 2.04. The van der Waals surface area contributed by atoms with E-state index < -0.39 is 11.7 Å². The Morgan fingerprint density at radius 2 is 1.81 bits per heavy atom. The number of amides is 1. The van der Waals surface area contributed by atoms with Gasteiger partial charge in [0.1, 0.15) is 29.0 Å². The molecule has 2 aliphatic rings. The first-order valence-corrected chi connectivity index (χ1v) is 15.7. The topological polar surface area (TPSA) is 118 Å². The summed E-state index contributed by atoms with van der Waals surface area (Å²) in [6.45, 7) is 12.4. The maximum atomic E-state index is 12.1. The molecule has 0 bridgehead atoms. The van der Waals surface area contributed by atoms with Gasteiger partial charge in [0.2, 0.25) is 0 Å². The zero-order valence-electron chi connectivity index (χ0n) is 26.6. The summed E-state index contributed by atoms with van der Waals surface area (Å²) in [6.07, 6.45) is 6.89. The van der Waals surface area contributed by atoms with Gasteiger partial charge < -0.3 is 24.1 Å². The molecule has 11 heteroatoms. The molecule has 5 rings (SSSR count). The van der Waals surface area contributed by atoms with Crippen molar-refractivity contribution in [2.24, 2.45) is 7.05 Å². The molecule has 234 valence electrons. The SMILES string of the molecule is CC(C)c1cccc(O[C@H](C)c2nnc(C3CCC(n4cc([C@@H]5CC[C@@H](NC(=O)OC(C)(C)C)CO5)nn4)CC3)n2C)c1. The van der Waals surface area contributed by atoms with Crippen LogP contribution in [0, 0.1) is 0 Å². The Labute approximate surface area is 254 Å². The molecule has 1 aliphatic heterocycles. The van der Waals surface area contributed by atoms with Crippen LogP contribution in [-0.4, -0.2) is 54.1 Å². The van der Waals surface area contributed by atoms with Crippen LogP contribution < -0.4 is 10.1 Å². The highest BCUT2D eigenvalue weighted by atomic mass is 16.6. The van der Waals surface area contributed by atoms with Gasteiger partial charge in [-0.2, -0.15) is 0 Å². The van der Waals surface area contributed by atoms with E-state index in [1.807, 2.05) is 57.8 Å². The second-order valence-electron chi connectivity index (χ2n) is 13.3. The lowest BCUT2D eigenvalue weighted by molar-refractivity contribution is -0.0113. The van der Waals surface area contributed by atoms with Crippen LogP contribution in [0.5, 0.6) is 5.75 Å². The normalized spacial score (nSPS) is 23.6. The van der Waals surface area contributed by atoms with Crippen molar-refractivity contribution in [1.29, 1.82) is 0 Å². The first-order valence-electron chi connectivity index (χ1n) is 15.7. The number of nitrogens with one attached hydrogen (secondary N) is 1. The molecule has 11 nitrogen and oxygen atoms in total. The Hall–Kier alpha value is -3.47. The van der Waals surface area contributed by atoms with Crippen molar-refractivity contribution in [3.63, 3.8) is 0 Å². The number of rotatable bonds is 8. The van der Waals surface area contributed by atoms with Gasteiger partial charge in [0.15, 0.2) is 11.9 Å². The summed E-state index contributed by atoms with van der Waals surface area (Å²) in [5, 5.41) is 21.0. The van der Waals surface area contributed by atoms with Crippen LogP contribution in [-0.2, 0) is 16.5 Å². The van der Waals surface area contributed by atoms with Crippen molar-refractivity contribution < 1.29 is 19.0 Å². The van der Waals surface area contributed by atoms with Gasteiger partial charge in [-0.15, -0.1) is 15.3 Å². The van der Waals surface area contributed by atoms with Crippen LogP contribution in [0.2, 0.25) is 0 Å². The maximum Gasteiger partial charge on any atom is 0.407 e. The molecule has 0 unspecified atom stereocenters. The van der Waals surface area contributed by atoms with Crippen LogP contribution in [0.1, 0.15) is 133 Å². The molecular weight excluding hydrogens is 546 g/mol. The molecule has 2 fully saturated rings. The molecule has 43 heavy (non-hydrogen) atoms. The quantitative estimate of drug-likeness (QED) is 0.323. The average molecular weight is 594 g/mol. The van der Waals surface area contributed by atoms with E-state index in [-0.39, 0.29) is 18.2 Å². The smallest absolute Gasteiger partial charge is 0.407 e. The molecule has 1 saturated heterocycles. The molecule has 3 heterocycles. The number of ether oxygens (including phenoxy) is 3. The Kier molecular flexibility index (Phi) is 9.39. The monoisotopic (exact) mass is 593 g/mol. The number of carbonyl (C=O) groups excluding carboxylic acids is 1. The molecule has 1 aliphatic carbocycles. The van der Waals surface area contributed by atoms with Crippen LogP contribution in [0.25, 0.3) is 0 Å². The molecule has 1 amide bonds. The van der Waals surface area contributed by atoms with Crippen LogP contribution in [0.15, 0.2) is 30.5 Å². The summed E-state index contributed by atoms with van der Waals surface area (Å²) < 4.78 is 21.8. The minimum Gasteiger partial charge on any atom is -0.483 e. The molecular formula is C32H47N7O4. The van der Waals surface area contributed by atoms with Crippen molar-refractivity contribution >= 4 is 6.09 Å². The third kappa shape index (κ3) is 7.74. The van der Waals surface area contributed by atoms with Crippen molar-refractivity contribution in [3.05, 3.63) is 53.4 Å². The van der Waals surface area contributed by atoms with Crippen molar-refractivity contribution in [1.82, 2.24) is 35.1 Å². The van der Waals surface area contributed by atoms with E-state index in [4.69, 9.17) is 14.2 Å². The van der Waals surface area contributed by atoms with Crippen molar-refractivity contribution in [2.75, 3.05) is 6.61 Å². The van der Waals surface area contributed by atoms with E-state index in [1.54, 1.807) is 0 Å². The molecule has 1 aromatic carbocycles. The summed E-state index contributed by atoms with van der Waals surface area (Å²) in [4.78, 5) is 12.1. The lowest BCUT2D eigenvalue weighted by Crippen LogP contribution is -2.43. The van der Waals surface area contributed by atoms with Gasteiger partial charge in [-0.05, 0) is 89.8 Å². The Bertz CT molecular complexity index is 1360. The fourth-order valence-corrected chi connectivity index (χ4v) is 6.06. The van der Waals surface area contributed by atoms with Gasteiger partial charge in [0.25, 0.3) is 0 Å². The lowest BCUT2D eigenvalue weighted by Gasteiger charge is -2.29. The zero-order chi connectivity index (χ0) is 30.7. The van der Waals surface area contributed by atoms with Gasteiger partial charge in [-0.3, -0.25) is 0 Å². The predicted molar refractivity (Wildman–Crippen MR) is 162 cm³/mol. The van der Waals surface area contributed by atoms with Gasteiger partial charge >= 0.3 is 6.09 Å². The molecule has 2 aromatic heterocycles. The van der Waals surface area contributed by atoms with Gasteiger partial charge in [0.05, 0.1) is 24.9 Å². The molecule has 3 atom stereocenters. The number of hydrogen-bond acceptors (Lipinski definition) is 8. The summed E-state index contributed by atoms with van der Waals surface area (Å²) in [5.41, 5.74) is 1.58. The maximum absolute atomic E-state index is 12.1. The summed E-state index contributed by atoms with van der Waals surface area (Å²) in [6, 6.07) is 8.51. The summed E-state index contributed by atoms with van der Waals surface area (Å²) >= 11 is 0. The standard InChI is InChI=1S/C32H47N7O4/c1-20(2)23-9-8-10-26(17-23)42-21(3)29-35-36-30(38(29)7)22-11-14-25(15-12-22)39-18-27(34-37-39)28-16-13-24(19-41-28)33-31(40)43-32(4,5)6/h8-10,17-18,20-22,24-25,28H,11-16,19H2,1-7H3,(H,33,40)/t21-,22?,24-,25?,28+/m1/s1. The van der Waals surface area contributed by atoms with Crippen LogP contribution >= 0.6 is 0 Å². The Morgan fingerprint density at radius 1 is 1.05 bits per heavy atom. The second-order valence-corrected chi connectivity index (χ2v) is 13.3. The van der Waals surface area contributed by atoms with E-state index in [2.05, 4.69) is 56.4 Å². The van der Waals surface area contributed by atoms with Crippen molar-refractivity contribution in [3.8, 4) is 5.75 Å². The minimum atomic E-state index is -0.523. The van der Waals surface area contributed by atoms with E-state index in [0.717, 1.165) is 61.6 Å². The highest BCUT2D eigenvalue weighted by molar-refractivity contribution is 5.68. The first-order chi connectivity index (χ1) is 20.5. The van der Waals surface area contributed by atoms with Crippen LogP contribution in [0.4, 0.5) is 4.79 Å². The number of hydrogen-bond donors (Lipinski definition) is 1. The Morgan fingerprint density at radius 3 is 2.49 bits per heavy atom. The average Bonchev–Trinajstić information content (AvgIpc) is 3.60. The summed E-state index contributed by atoms with van der Waals surface area (Å²) in [5.74, 6) is 3.50. The fraction of sp³-hybridized carbons (Fsp3) is 0.656. The molecule has 0 spiro atoms. The third-order valence-corrected chi connectivity index (χ3v) is 8.43. The highest BCUT2D eigenvalue weighted by Crippen LogP contribution is 2.38. The van der Waals surface area contributed by atoms with E-state index in [9.17, 15) is 4.79 Å².